The topological polar surface area (TPSA) is 405 Å². The van der Waals surface area contributed by atoms with Gasteiger partial charge in [-0.3, -0.25) is 19.6 Å². The molecule has 652 valence electrons. The van der Waals surface area contributed by atoms with Crippen LogP contribution in [0.5, 0.6) is 5.75 Å². The zero-order valence-electron chi connectivity index (χ0n) is 71.5. The smallest absolute Gasteiger partial charge is 0.248 e. The summed E-state index contributed by atoms with van der Waals surface area (Å²) < 4.78 is 38.3. The molecule has 21 aromatic rings. The van der Waals surface area contributed by atoms with Gasteiger partial charge in [0, 0.05) is 177 Å². The quantitative estimate of drug-likeness (QED) is 0.0561. The van der Waals surface area contributed by atoms with Crippen molar-refractivity contribution in [2.75, 3.05) is 5.32 Å². The van der Waals surface area contributed by atoms with E-state index in [4.69, 9.17) is 40.7 Å². The van der Waals surface area contributed by atoms with Crippen LogP contribution in [-0.4, -0.2) is 141 Å². The van der Waals surface area contributed by atoms with Gasteiger partial charge in [-0.1, -0.05) is 80.0 Å². The lowest BCUT2D eigenvalue weighted by atomic mass is 10.0. The summed E-state index contributed by atoms with van der Waals surface area (Å²) >= 11 is 6.27. The van der Waals surface area contributed by atoms with E-state index in [0.717, 1.165) is 95.7 Å². The van der Waals surface area contributed by atoms with Gasteiger partial charge in [-0.2, -0.15) is 40.4 Å². The van der Waals surface area contributed by atoms with E-state index >= 15 is 0 Å². The van der Waals surface area contributed by atoms with Crippen LogP contribution in [0, 0.1) is 50.0 Å². The van der Waals surface area contributed by atoms with Crippen molar-refractivity contribution in [1.82, 2.24) is 124 Å². The molecule has 0 aliphatic heterocycles. The second-order valence-electron chi connectivity index (χ2n) is 30.1. The van der Waals surface area contributed by atoms with Crippen LogP contribution in [0.4, 0.5) is 26.0 Å². The minimum absolute atomic E-state index is 0.107. The summed E-state index contributed by atoms with van der Waals surface area (Å²) in [6, 6.07) is 62.1. The number of fused-ring (bicyclic) bond motifs is 3. The lowest BCUT2D eigenvalue weighted by Crippen LogP contribution is -2.10. The Labute approximate surface area is 765 Å². The number of benzene rings is 5. The minimum atomic E-state index is -0.700. The Bertz CT molecular complexity index is 8010. The van der Waals surface area contributed by atoms with E-state index in [-0.39, 0.29) is 23.1 Å². The number of rotatable bonds is 16. The zero-order chi connectivity index (χ0) is 93.0. The molecule has 0 aliphatic carbocycles. The number of carbonyl (C=O) groups excluding carboxylic acids is 2. The number of halogens is 3. The number of H-pyrrole nitrogens is 2. The monoisotopic (exact) mass is 1790 g/mol. The molecule has 33 nitrogen and oxygen atoms in total. The summed E-state index contributed by atoms with van der Waals surface area (Å²) in [6.45, 7) is 23.4. The molecule has 0 atom stereocenters. The lowest BCUT2D eigenvalue weighted by Gasteiger charge is -2.06. The van der Waals surface area contributed by atoms with Gasteiger partial charge in [0.25, 0.3) is 0 Å². The third-order valence-electron chi connectivity index (χ3n) is 20.9. The number of phenols is 1. The standard InChI is InChI=1S/C22H17F2N7.C20H15N5O.C19H15ClN6O.C19H14N6O.C18H10N6/c1-13(2)22-27-26-20-6-5-19(28-31(20)22)17-12-30(15-7-9-25-10-8-15)29-21(17)16-4-3-14(23)11-18(16)24;21-20(26)15-8-6-14(7-9-15)18-12-17(16-4-3-10-22-13-16)24-25(18)19-5-1-2-11-23-19;1-11-3-4-18(24-23-11)26-9-14(16-5-6-21-10-22-16)19(25-26)13-7-15(20)12(2)17(27)8-13;1-12(26)23-19-16(13-4-3-5-14(10-13)20-2)11-25(24-19)17-7-9-22-18-15(17)6-8-21-18;1-20-13-4-2-3-12(9-13)15-11-24(23-16(15)10-19)17-6-8-22-18-14(17)5-7-21-18/h3-13H,1-2H3;1-13H,(H2,21,26);3-10,27H,1-2H3;3-11H,1H3,(H,21,22)(H,23,24,26);2-9,11H,(H,21,22). The van der Waals surface area contributed by atoms with Crippen LogP contribution in [0.25, 0.3) is 156 Å². The predicted molar refractivity (Wildman–Crippen MR) is 500 cm³/mol. The van der Waals surface area contributed by atoms with Gasteiger partial charge in [0.05, 0.1) is 58.7 Å². The maximum atomic E-state index is 14.7. The van der Waals surface area contributed by atoms with Crippen LogP contribution in [0.2, 0.25) is 5.02 Å². The van der Waals surface area contributed by atoms with E-state index in [1.54, 1.807) is 176 Å². The third kappa shape index (κ3) is 18.9. The first-order valence-electron chi connectivity index (χ1n) is 41.1. The summed E-state index contributed by atoms with van der Waals surface area (Å²) in [4.78, 5) is 65.4. The van der Waals surface area contributed by atoms with E-state index in [1.807, 2.05) is 155 Å². The summed E-state index contributed by atoms with van der Waals surface area (Å²) in [7, 11) is 0. The first-order chi connectivity index (χ1) is 65.2. The van der Waals surface area contributed by atoms with Crippen molar-refractivity contribution >= 4 is 68.3 Å². The van der Waals surface area contributed by atoms with Crippen molar-refractivity contribution in [3.05, 3.63) is 367 Å². The van der Waals surface area contributed by atoms with Crippen LogP contribution >= 0.6 is 11.6 Å². The van der Waals surface area contributed by atoms with Gasteiger partial charge in [-0.25, -0.2) is 66.8 Å². The van der Waals surface area contributed by atoms with Crippen molar-refractivity contribution in [3.63, 3.8) is 0 Å². The average Bonchev–Trinajstić information content (AvgIpc) is 1.62. The van der Waals surface area contributed by atoms with Gasteiger partial charge in [-0.05, 0) is 171 Å². The Kier molecular flexibility index (Phi) is 25.2. The Morgan fingerprint density at radius 3 is 1.85 bits per heavy atom. The molecule has 0 unspecified atom stereocenters. The van der Waals surface area contributed by atoms with Gasteiger partial charge in [0.15, 0.2) is 46.0 Å². The minimum Gasteiger partial charge on any atom is -0.508 e. The molecular formula is C98H71ClF2N30O3. The number of aromatic nitrogens is 25. The number of carbonyl (C=O) groups is 2. The molecule has 6 N–H and O–H groups in total. The second kappa shape index (κ2) is 38.7. The zero-order valence-corrected chi connectivity index (χ0v) is 72.2. The van der Waals surface area contributed by atoms with Crippen molar-refractivity contribution in [1.29, 1.82) is 5.26 Å². The van der Waals surface area contributed by atoms with Crippen molar-refractivity contribution in [3.8, 4) is 130 Å². The van der Waals surface area contributed by atoms with Gasteiger partial charge >= 0.3 is 0 Å². The Hall–Kier alpha value is -19.0. The molecule has 0 bridgehead atoms. The Morgan fingerprint density at radius 1 is 0.537 bits per heavy atom. The molecular weight excluding hydrogens is 1720 g/mol. The van der Waals surface area contributed by atoms with Crippen LogP contribution in [0.1, 0.15) is 59.8 Å². The highest BCUT2D eigenvalue weighted by Crippen LogP contribution is 2.40. The summed E-state index contributed by atoms with van der Waals surface area (Å²) in [6.07, 6.45) is 25.9. The maximum absolute atomic E-state index is 14.7. The largest absolute Gasteiger partial charge is 0.508 e. The van der Waals surface area contributed by atoms with Crippen LogP contribution < -0.4 is 11.1 Å². The normalized spacial score (nSPS) is 10.9. The Balaban J connectivity index is 0.000000117. The van der Waals surface area contributed by atoms with Crippen LogP contribution in [-0.2, 0) is 4.79 Å². The molecule has 36 heteroatoms. The molecule has 0 saturated heterocycles. The molecule has 21 rings (SSSR count). The molecule has 134 heavy (non-hydrogen) atoms. The van der Waals surface area contributed by atoms with Crippen LogP contribution in [0.3, 0.4) is 0 Å². The fourth-order valence-electron chi connectivity index (χ4n) is 14.3. The van der Waals surface area contributed by atoms with Crippen molar-refractivity contribution < 1.29 is 23.5 Å². The SMILES string of the molecule is CC(C)c1nnc2ccc(-c3cn(-c4ccncc4)nc3-c3ccc(F)cc3F)nn12.Cc1ccc(-n2cc(-c3ccncn3)c(-c3cc(O)c(C)c(Cl)c3)n2)nn1.NC(=O)c1ccc(-c2cc(-c3cccnc3)nn2-c2ccccn2)cc1.[C-]#[N+]c1cccc(-c2cn(-c3ccnc4[nH]ccc34)nc2C#N)c1.[C-]#[N+]c1cccc(-c2cn(-c3ccnc4[nH]ccc34)nc2NC(C)=O)c1. The van der Waals surface area contributed by atoms with Gasteiger partial charge < -0.3 is 26.1 Å². The second-order valence-corrected chi connectivity index (χ2v) is 30.5. The average molecular weight is 1790 g/mol. The molecule has 0 saturated carbocycles. The van der Waals surface area contributed by atoms with E-state index in [2.05, 4.69) is 107 Å². The molecule has 0 aliphatic rings. The van der Waals surface area contributed by atoms with Crippen LogP contribution in [0.15, 0.2) is 299 Å². The molecule has 16 heterocycles. The number of pyridine rings is 5. The molecule has 5 aromatic carbocycles. The summed E-state index contributed by atoms with van der Waals surface area (Å²) in [5.74, 6) is 0.651. The number of aromatic amines is 2. The number of nitrogens with one attached hydrogen (secondary N) is 3. The van der Waals surface area contributed by atoms with Crippen molar-refractivity contribution in [2.24, 2.45) is 5.73 Å². The summed E-state index contributed by atoms with van der Waals surface area (Å²) in [5.41, 5.74) is 24.1. The number of amides is 2. The number of nitriles is 1. The predicted octanol–water partition coefficient (Wildman–Crippen LogP) is 19.1. The fraction of sp³-hybridized carbons (Fsp3) is 0.0612. The Morgan fingerprint density at radius 2 is 1.22 bits per heavy atom. The molecule has 0 radical (unpaired) electrons. The first kappa shape index (κ1) is 87.1. The van der Waals surface area contributed by atoms with Crippen molar-refractivity contribution in [2.45, 2.75) is 40.5 Å². The molecule has 0 spiro atoms. The number of aryl methyl sites for hydroxylation is 1. The molecule has 2 amide bonds. The van der Waals surface area contributed by atoms with E-state index in [9.17, 15) is 28.7 Å². The number of primary amides is 1. The number of nitrogens with zero attached hydrogens (tertiary/aromatic N) is 26. The van der Waals surface area contributed by atoms with E-state index in [1.165, 1.54) is 25.4 Å². The first-order valence-corrected chi connectivity index (χ1v) is 41.4. The summed E-state index contributed by atoms with van der Waals surface area (Å²) in [5, 5.41) is 68.9. The number of hydrogen-bond donors (Lipinski definition) is 5. The number of anilines is 1. The number of nitrogens with two attached hydrogens (primary N) is 1. The molecule has 0 fully saturated rings. The van der Waals surface area contributed by atoms with E-state index in [0.29, 0.717) is 102 Å². The fourth-order valence-corrected chi connectivity index (χ4v) is 14.5. The lowest BCUT2D eigenvalue weighted by molar-refractivity contribution is -0.114. The highest BCUT2D eigenvalue weighted by molar-refractivity contribution is 6.32. The molecule has 16 aromatic heterocycles. The number of aromatic hydroxyl groups is 1. The van der Waals surface area contributed by atoms with Gasteiger partial charge in [-0.15, -0.1) is 20.4 Å². The maximum Gasteiger partial charge on any atom is 0.248 e. The number of hydrogen-bond acceptors (Lipinski definition) is 21. The highest BCUT2D eigenvalue weighted by Gasteiger charge is 2.25. The highest BCUT2D eigenvalue weighted by atomic mass is 35.5. The third-order valence-corrected chi connectivity index (χ3v) is 21.2. The number of phenolic OH excluding ortho intramolecular Hbond substituents is 1. The van der Waals surface area contributed by atoms with Gasteiger partial charge in [0.1, 0.15) is 52.5 Å². The van der Waals surface area contributed by atoms with Gasteiger partial charge in [0.2, 0.25) is 11.8 Å². The van der Waals surface area contributed by atoms with E-state index < -0.39 is 17.5 Å².